The highest BCUT2D eigenvalue weighted by atomic mass is 19.1. The van der Waals surface area contributed by atoms with Crippen molar-refractivity contribution in [1.29, 1.82) is 0 Å². The van der Waals surface area contributed by atoms with E-state index in [0.29, 0.717) is 6.42 Å². The van der Waals surface area contributed by atoms with Crippen LogP contribution in [0, 0.1) is 5.82 Å². The number of halogens is 1. The summed E-state index contributed by atoms with van der Waals surface area (Å²) in [6.07, 6.45) is 0.426. The Hall–Kier alpha value is -1.87. The zero-order valence-electron chi connectivity index (χ0n) is 10.4. The number of ether oxygens (including phenoxy) is 1. The van der Waals surface area contributed by atoms with Gasteiger partial charge in [-0.2, -0.15) is 0 Å². The lowest BCUT2D eigenvalue weighted by Gasteiger charge is -2.30. The first-order valence-corrected chi connectivity index (χ1v) is 6.43. The van der Waals surface area contributed by atoms with E-state index in [9.17, 15) is 9.50 Å². The molecule has 2 atom stereocenters. The van der Waals surface area contributed by atoms with E-state index in [2.05, 4.69) is 0 Å². The van der Waals surface area contributed by atoms with Crippen LogP contribution in [0.3, 0.4) is 0 Å². The van der Waals surface area contributed by atoms with Gasteiger partial charge >= 0.3 is 0 Å². The molecule has 19 heavy (non-hydrogen) atoms. The molecule has 2 unspecified atom stereocenters. The van der Waals surface area contributed by atoms with E-state index in [1.54, 1.807) is 18.2 Å². The molecule has 3 rings (SSSR count). The first-order chi connectivity index (χ1) is 9.25. The van der Waals surface area contributed by atoms with E-state index < -0.39 is 18.0 Å². The number of rotatable bonds is 2. The maximum Gasteiger partial charge on any atom is 0.165 e. The molecule has 2 aromatic rings. The third-order valence-corrected chi connectivity index (χ3v) is 3.54. The summed E-state index contributed by atoms with van der Waals surface area (Å²) in [5.74, 6) is -0.195. The molecule has 0 aliphatic heterocycles. The largest absolute Gasteiger partial charge is 0.484 e. The predicted molar refractivity (Wildman–Crippen MR) is 70.5 cm³/mol. The molecule has 2 aromatic carbocycles. The zero-order valence-corrected chi connectivity index (χ0v) is 10.4. The van der Waals surface area contributed by atoms with Crippen molar-refractivity contribution >= 4 is 0 Å². The van der Waals surface area contributed by atoms with Crippen molar-refractivity contribution in [2.45, 2.75) is 25.0 Å². The highest BCUT2D eigenvalue weighted by molar-refractivity contribution is 5.33. The molecule has 0 spiro atoms. The Kier molecular flexibility index (Phi) is 3.22. The highest BCUT2D eigenvalue weighted by Crippen LogP contribution is 2.33. The van der Waals surface area contributed by atoms with Crippen molar-refractivity contribution < 1.29 is 14.2 Å². The molecule has 3 heteroatoms. The topological polar surface area (TPSA) is 29.5 Å². The zero-order chi connectivity index (χ0) is 13.2. The van der Waals surface area contributed by atoms with Crippen LogP contribution >= 0.6 is 0 Å². The second-order valence-corrected chi connectivity index (χ2v) is 4.77. The minimum absolute atomic E-state index is 0.200. The van der Waals surface area contributed by atoms with Gasteiger partial charge in [0.05, 0.1) is 0 Å². The summed E-state index contributed by atoms with van der Waals surface area (Å²) in [5.41, 5.74) is 2.03. The lowest BCUT2D eigenvalue weighted by atomic mass is 9.87. The van der Waals surface area contributed by atoms with Gasteiger partial charge in [-0.1, -0.05) is 36.4 Å². The molecule has 98 valence electrons. The molecule has 0 fully saturated rings. The van der Waals surface area contributed by atoms with Gasteiger partial charge in [-0.05, 0) is 36.1 Å². The van der Waals surface area contributed by atoms with Gasteiger partial charge in [0, 0.05) is 0 Å². The summed E-state index contributed by atoms with van der Waals surface area (Å²) >= 11 is 0. The molecule has 1 N–H and O–H groups in total. The van der Waals surface area contributed by atoms with Crippen LogP contribution in [-0.4, -0.2) is 11.2 Å². The van der Waals surface area contributed by atoms with Crippen LogP contribution in [-0.2, 0) is 6.42 Å². The Morgan fingerprint density at radius 3 is 2.63 bits per heavy atom. The van der Waals surface area contributed by atoms with Crippen LogP contribution in [0.15, 0.2) is 48.5 Å². The normalized spacial score (nSPS) is 21.8. The van der Waals surface area contributed by atoms with Crippen molar-refractivity contribution in [3.05, 3.63) is 65.5 Å². The average Bonchev–Trinajstić information content (AvgIpc) is 2.44. The molecule has 0 saturated heterocycles. The van der Waals surface area contributed by atoms with Gasteiger partial charge in [0.2, 0.25) is 0 Å². The van der Waals surface area contributed by atoms with Crippen molar-refractivity contribution in [3.63, 3.8) is 0 Å². The number of hydrogen-bond acceptors (Lipinski definition) is 2. The maximum atomic E-state index is 13.6. The predicted octanol–water partition coefficient (Wildman–Crippen LogP) is 3.25. The van der Waals surface area contributed by atoms with Gasteiger partial charge in [0.25, 0.3) is 0 Å². The average molecular weight is 258 g/mol. The van der Waals surface area contributed by atoms with Crippen LogP contribution in [0.25, 0.3) is 0 Å². The number of fused-ring (bicyclic) bond motifs is 1. The van der Waals surface area contributed by atoms with Crippen molar-refractivity contribution in [2.24, 2.45) is 0 Å². The fraction of sp³-hybridized carbons (Fsp3) is 0.250. The van der Waals surface area contributed by atoms with E-state index in [0.717, 1.165) is 17.5 Å². The second kappa shape index (κ2) is 5.02. The fourth-order valence-corrected chi connectivity index (χ4v) is 2.53. The summed E-state index contributed by atoms with van der Waals surface area (Å²) in [7, 11) is 0. The Bertz CT molecular complexity index is 582. The molecule has 0 amide bonds. The molecular formula is C16H15FO2. The molecule has 2 nitrogen and oxygen atoms in total. The van der Waals surface area contributed by atoms with Crippen molar-refractivity contribution in [1.82, 2.24) is 0 Å². The van der Waals surface area contributed by atoms with Gasteiger partial charge in [-0.25, -0.2) is 4.39 Å². The maximum absolute atomic E-state index is 13.6. The summed E-state index contributed by atoms with van der Waals surface area (Å²) in [4.78, 5) is 0. The van der Waals surface area contributed by atoms with Crippen LogP contribution in [0.5, 0.6) is 5.75 Å². The first-order valence-electron chi connectivity index (χ1n) is 6.43. The Balaban J connectivity index is 1.83. The molecule has 0 heterocycles. The SMILES string of the molecule is OC1c2ccccc2CCC1Oc1ccccc1F. The van der Waals surface area contributed by atoms with Crippen LogP contribution in [0.2, 0.25) is 0 Å². The minimum atomic E-state index is -0.704. The summed E-state index contributed by atoms with van der Waals surface area (Å²) < 4.78 is 19.2. The van der Waals surface area contributed by atoms with Crippen molar-refractivity contribution in [2.75, 3.05) is 0 Å². The van der Waals surface area contributed by atoms with Gasteiger partial charge in [0.15, 0.2) is 11.6 Å². The highest BCUT2D eigenvalue weighted by Gasteiger charge is 2.29. The monoisotopic (exact) mass is 258 g/mol. The number of aliphatic hydroxyl groups excluding tert-OH is 1. The minimum Gasteiger partial charge on any atom is -0.484 e. The van der Waals surface area contributed by atoms with Crippen LogP contribution in [0.4, 0.5) is 4.39 Å². The van der Waals surface area contributed by atoms with Crippen molar-refractivity contribution in [3.8, 4) is 5.75 Å². The fourth-order valence-electron chi connectivity index (χ4n) is 2.53. The Labute approximate surface area is 111 Å². The molecule has 0 aromatic heterocycles. The molecule has 1 aliphatic carbocycles. The number of hydrogen-bond donors (Lipinski definition) is 1. The van der Waals surface area contributed by atoms with E-state index in [4.69, 9.17) is 4.74 Å². The quantitative estimate of drug-likeness (QED) is 0.896. The van der Waals surface area contributed by atoms with E-state index in [1.165, 1.54) is 6.07 Å². The van der Waals surface area contributed by atoms with Gasteiger partial charge in [-0.15, -0.1) is 0 Å². The number of para-hydroxylation sites is 1. The van der Waals surface area contributed by atoms with E-state index in [-0.39, 0.29) is 5.75 Å². The Morgan fingerprint density at radius 2 is 1.79 bits per heavy atom. The first kappa shape index (κ1) is 12.2. The lowest BCUT2D eigenvalue weighted by molar-refractivity contribution is 0.0209. The number of aryl methyl sites for hydroxylation is 1. The summed E-state index contributed by atoms with van der Waals surface area (Å²) in [6, 6.07) is 14.1. The van der Waals surface area contributed by atoms with E-state index >= 15 is 0 Å². The molecule has 0 radical (unpaired) electrons. The van der Waals surface area contributed by atoms with Gasteiger partial charge in [0.1, 0.15) is 12.2 Å². The lowest BCUT2D eigenvalue weighted by Crippen LogP contribution is -2.30. The number of benzene rings is 2. The molecule has 0 saturated carbocycles. The Morgan fingerprint density at radius 1 is 1.05 bits per heavy atom. The smallest absolute Gasteiger partial charge is 0.165 e. The third kappa shape index (κ3) is 2.34. The third-order valence-electron chi connectivity index (χ3n) is 3.54. The second-order valence-electron chi connectivity index (χ2n) is 4.77. The van der Waals surface area contributed by atoms with Gasteiger partial charge in [-0.3, -0.25) is 0 Å². The summed E-state index contributed by atoms with van der Waals surface area (Å²) in [5, 5.41) is 10.3. The summed E-state index contributed by atoms with van der Waals surface area (Å²) in [6.45, 7) is 0. The standard InChI is InChI=1S/C16H15FO2/c17-13-7-3-4-8-14(13)19-15-10-9-11-5-1-2-6-12(11)16(15)18/h1-8,15-16,18H,9-10H2. The van der Waals surface area contributed by atoms with Crippen LogP contribution < -0.4 is 4.74 Å². The van der Waals surface area contributed by atoms with Crippen LogP contribution in [0.1, 0.15) is 23.7 Å². The number of aliphatic hydroxyl groups is 1. The molecule has 0 bridgehead atoms. The molecular weight excluding hydrogens is 243 g/mol. The van der Waals surface area contributed by atoms with Gasteiger partial charge < -0.3 is 9.84 Å². The van der Waals surface area contributed by atoms with E-state index in [1.807, 2.05) is 24.3 Å². The molecule has 1 aliphatic rings.